The second-order valence-corrected chi connectivity index (χ2v) is 4.76. The second-order valence-electron chi connectivity index (χ2n) is 4.76. The van der Waals surface area contributed by atoms with Crippen molar-refractivity contribution in [2.75, 3.05) is 39.9 Å². The molecule has 1 aromatic rings. The van der Waals surface area contributed by atoms with E-state index in [-0.39, 0.29) is 11.6 Å². The van der Waals surface area contributed by atoms with Crippen LogP contribution in [0.1, 0.15) is 5.56 Å². The largest absolute Gasteiger partial charge is 0.314 e. The van der Waals surface area contributed by atoms with Gasteiger partial charge in [-0.3, -0.25) is 9.80 Å². The average Bonchev–Trinajstić information content (AvgIpc) is 2.35. The molecule has 1 saturated heterocycles. The predicted molar refractivity (Wildman–Crippen MR) is 67.1 cm³/mol. The zero-order valence-corrected chi connectivity index (χ0v) is 10.6. The number of benzene rings is 1. The van der Waals surface area contributed by atoms with Crippen LogP contribution in [0, 0.1) is 11.6 Å². The zero-order chi connectivity index (χ0) is 13.0. The molecule has 1 aromatic carbocycles. The highest BCUT2D eigenvalue weighted by Crippen LogP contribution is 2.12. The SMILES string of the molecule is CN(Cc1cc(F)ccc1F)CN1CCNCC1. The fourth-order valence-corrected chi connectivity index (χ4v) is 2.20. The lowest BCUT2D eigenvalue weighted by atomic mass is 10.2. The van der Waals surface area contributed by atoms with Crippen LogP contribution < -0.4 is 5.32 Å². The van der Waals surface area contributed by atoms with E-state index in [2.05, 4.69) is 10.2 Å². The van der Waals surface area contributed by atoms with Gasteiger partial charge >= 0.3 is 0 Å². The van der Waals surface area contributed by atoms with Crippen LogP contribution in [0.2, 0.25) is 0 Å². The van der Waals surface area contributed by atoms with E-state index in [0.717, 1.165) is 38.9 Å². The first-order valence-corrected chi connectivity index (χ1v) is 6.21. The van der Waals surface area contributed by atoms with Crippen molar-refractivity contribution in [2.45, 2.75) is 6.54 Å². The van der Waals surface area contributed by atoms with Crippen molar-refractivity contribution in [3.63, 3.8) is 0 Å². The Morgan fingerprint density at radius 1 is 1.28 bits per heavy atom. The zero-order valence-electron chi connectivity index (χ0n) is 10.6. The van der Waals surface area contributed by atoms with Gasteiger partial charge < -0.3 is 5.32 Å². The Hall–Kier alpha value is -1.04. The molecule has 0 bridgehead atoms. The summed E-state index contributed by atoms with van der Waals surface area (Å²) < 4.78 is 26.5. The van der Waals surface area contributed by atoms with E-state index >= 15 is 0 Å². The number of hydrogen-bond donors (Lipinski definition) is 1. The van der Waals surface area contributed by atoms with Crippen molar-refractivity contribution in [2.24, 2.45) is 0 Å². The number of hydrogen-bond acceptors (Lipinski definition) is 3. The number of rotatable bonds is 4. The van der Waals surface area contributed by atoms with Gasteiger partial charge in [-0.15, -0.1) is 0 Å². The number of nitrogens with zero attached hydrogens (tertiary/aromatic N) is 2. The van der Waals surface area contributed by atoms with Gasteiger partial charge in [-0.05, 0) is 25.2 Å². The molecule has 1 N–H and O–H groups in total. The quantitative estimate of drug-likeness (QED) is 0.874. The van der Waals surface area contributed by atoms with Crippen molar-refractivity contribution >= 4 is 0 Å². The van der Waals surface area contributed by atoms with Crippen molar-refractivity contribution in [3.8, 4) is 0 Å². The van der Waals surface area contributed by atoms with Crippen LogP contribution in [0.25, 0.3) is 0 Å². The minimum atomic E-state index is -0.387. The highest BCUT2D eigenvalue weighted by molar-refractivity contribution is 5.18. The lowest BCUT2D eigenvalue weighted by Crippen LogP contribution is -2.47. The molecule has 0 spiro atoms. The maximum absolute atomic E-state index is 13.5. The van der Waals surface area contributed by atoms with Crippen LogP contribution in [-0.4, -0.2) is 49.7 Å². The fraction of sp³-hybridized carbons (Fsp3) is 0.538. The van der Waals surface area contributed by atoms with E-state index in [1.54, 1.807) is 0 Å². The summed E-state index contributed by atoms with van der Waals surface area (Å²) in [6.07, 6.45) is 0. The maximum Gasteiger partial charge on any atom is 0.127 e. The Morgan fingerprint density at radius 2 is 2.00 bits per heavy atom. The van der Waals surface area contributed by atoms with Crippen molar-refractivity contribution in [3.05, 3.63) is 35.4 Å². The summed E-state index contributed by atoms with van der Waals surface area (Å²) in [4.78, 5) is 4.30. The molecule has 0 aromatic heterocycles. The molecule has 1 aliphatic heterocycles. The van der Waals surface area contributed by atoms with Gasteiger partial charge in [0.1, 0.15) is 11.6 Å². The predicted octanol–water partition coefficient (Wildman–Crippen LogP) is 1.26. The standard InChI is InChI=1S/C13H19F2N3/c1-17(10-18-6-4-16-5-7-18)9-11-8-12(14)2-3-13(11)15/h2-3,8,16H,4-7,9-10H2,1H3. The van der Waals surface area contributed by atoms with Gasteiger partial charge in [-0.2, -0.15) is 0 Å². The molecule has 2 rings (SSSR count). The van der Waals surface area contributed by atoms with E-state index in [4.69, 9.17) is 0 Å². The minimum absolute atomic E-state index is 0.344. The van der Waals surface area contributed by atoms with Gasteiger partial charge in [-0.25, -0.2) is 8.78 Å². The molecule has 5 heteroatoms. The highest BCUT2D eigenvalue weighted by Gasteiger charge is 2.13. The Kier molecular flexibility index (Phi) is 4.63. The smallest absolute Gasteiger partial charge is 0.127 e. The van der Waals surface area contributed by atoms with Gasteiger partial charge in [0.05, 0.1) is 6.67 Å². The Labute approximate surface area is 106 Å². The maximum atomic E-state index is 13.5. The van der Waals surface area contributed by atoms with Gasteiger partial charge in [-0.1, -0.05) is 0 Å². The molecule has 18 heavy (non-hydrogen) atoms. The summed E-state index contributed by atoms with van der Waals surface area (Å²) in [7, 11) is 1.92. The van der Waals surface area contributed by atoms with Crippen LogP contribution >= 0.6 is 0 Å². The third kappa shape index (κ3) is 3.73. The third-order valence-electron chi connectivity index (χ3n) is 3.10. The van der Waals surface area contributed by atoms with Crippen molar-refractivity contribution < 1.29 is 8.78 Å². The molecule has 1 heterocycles. The van der Waals surface area contributed by atoms with Crippen LogP contribution in [0.4, 0.5) is 8.78 Å². The molecule has 100 valence electrons. The summed E-state index contributed by atoms with van der Waals surface area (Å²) in [6.45, 7) is 5.17. The molecule has 0 amide bonds. The highest BCUT2D eigenvalue weighted by atomic mass is 19.1. The topological polar surface area (TPSA) is 18.5 Å². The molecule has 0 saturated carbocycles. The van der Waals surface area contributed by atoms with E-state index in [9.17, 15) is 8.78 Å². The van der Waals surface area contributed by atoms with E-state index in [1.165, 1.54) is 12.1 Å². The molecular weight excluding hydrogens is 236 g/mol. The van der Waals surface area contributed by atoms with E-state index in [1.807, 2.05) is 11.9 Å². The molecule has 0 aliphatic carbocycles. The molecule has 1 fully saturated rings. The lowest BCUT2D eigenvalue weighted by Gasteiger charge is -2.31. The van der Waals surface area contributed by atoms with Gasteiger partial charge in [0.25, 0.3) is 0 Å². The van der Waals surface area contributed by atoms with Gasteiger partial charge in [0.2, 0.25) is 0 Å². The third-order valence-corrected chi connectivity index (χ3v) is 3.10. The average molecular weight is 255 g/mol. The first-order chi connectivity index (χ1) is 8.65. The fourth-order valence-electron chi connectivity index (χ4n) is 2.20. The van der Waals surface area contributed by atoms with E-state index < -0.39 is 0 Å². The number of halogens is 2. The van der Waals surface area contributed by atoms with Crippen LogP contribution in [0.15, 0.2) is 18.2 Å². The summed E-state index contributed by atoms with van der Waals surface area (Å²) in [6, 6.07) is 3.60. The van der Waals surface area contributed by atoms with Gasteiger partial charge in [0.15, 0.2) is 0 Å². The lowest BCUT2D eigenvalue weighted by molar-refractivity contribution is 0.134. The van der Waals surface area contributed by atoms with Crippen molar-refractivity contribution in [1.29, 1.82) is 0 Å². The molecule has 1 aliphatic rings. The molecule has 3 nitrogen and oxygen atoms in total. The Balaban J connectivity index is 1.89. The summed E-state index contributed by atoms with van der Waals surface area (Å²) >= 11 is 0. The summed E-state index contributed by atoms with van der Waals surface area (Å²) in [5, 5.41) is 3.28. The molecule has 0 atom stereocenters. The summed E-state index contributed by atoms with van der Waals surface area (Å²) in [5.41, 5.74) is 0.410. The number of piperazine rings is 1. The normalized spacial score (nSPS) is 17.3. The molecule has 0 unspecified atom stereocenters. The second kappa shape index (κ2) is 6.22. The first-order valence-electron chi connectivity index (χ1n) is 6.21. The monoisotopic (exact) mass is 255 g/mol. The molecule has 0 radical (unpaired) electrons. The van der Waals surface area contributed by atoms with E-state index in [0.29, 0.717) is 12.1 Å². The van der Waals surface area contributed by atoms with Crippen LogP contribution in [0.5, 0.6) is 0 Å². The molecular formula is C13H19F2N3. The number of nitrogens with one attached hydrogen (secondary N) is 1. The van der Waals surface area contributed by atoms with Crippen LogP contribution in [0.3, 0.4) is 0 Å². The van der Waals surface area contributed by atoms with Crippen molar-refractivity contribution in [1.82, 2.24) is 15.1 Å². The Bertz CT molecular complexity index is 392. The van der Waals surface area contributed by atoms with Gasteiger partial charge in [0, 0.05) is 38.3 Å². The first kappa shape index (κ1) is 13.4. The minimum Gasteiger partial charge on any atom is -0.314 e. The Morgan fingerprint density at radius 3 is 2.72 bits per heavy atom. The summed E-state index contributed by atoms with van der Waals surface area (Å²) in [5.74, 6) is -0.731. The van der Waals surface area contributed by atoms with Crippen LogP contribution in [-0.2, 0) is 6.54 Å².